The zero-order chi connectivity index (χ0) is 17.5. The van der Waals surface area contributed by atoms with Crippen LogP contribution in [-0.4, -0.2) is 47.7 Å². The summed E-state index contributed by atoms with van der Waals surface area (Å²) < 4.78 is 19.1. The summed E-state index contributed by atoms with van der Waals surface area (Å²) >= 11 is 0. The Morgan fingerprint density at radius 2 is 2.00 bits per heavy atom. The van der Waals surface area contributed by atoms with E-state index in [1.165, 1.54) is 6.07 Å². The molecule has 1 aromatic carbocycles. The van der Waals surface area contributed by atoms with Crippen LogP contribution in [0.15, 0.2) is 24.3 Å². The van der Waals surface area contributed by atoms with Crippen LogP contribution in [0.1, 0.15) is 31.7 Å². The molecule has 1 atom stereocenters. The quantitative estimate of drug-likeness (QED) is 0.830. The van der Waals surface area contributed by atoms with Crippen LogP contribution in [0.2, 0.25) is 0 Å². The van der Waals surface area contributed by atoms with Crippen molar-refractivity contribution in [3.63, 3.8) is 0 Å². The lowest BCUT2D eigenvalue weighted by Crippen LogP contribution is -2.46. The molecule has 6 heteroatoms. The maximum Gasteiger partial charge on any atom is 0.305 e. The number of nitrogens with zero attached hydrogens (tertiary/aromatic N) is 1. The summed E-state index contributed by atoms with van der Waals surface area (Å²) in [6.07, 6.45) is 1.63. The number of carbonyl (C=O) groups excluding carboxylic acids is 1. The molecule has 0 spiro atoms. The Balaban J connectivity index is 2.07. The number of carboxylic acid groups (broad SMARTS) is 1. The smallest absolute Gasteiger partial charge is 0.305 e. The number of carbonyl (C=O) groups is 2. The maximum absolute atomic E-state index is 13.8. The molecule has 1 fully saturated rings. The molecule has 0 bridgehead atoms. The van der Waals surface area contributed by atoms with Crippen molar-refractivity contribution in [2.45, 2.75) is 38.6 Å². The lowest BCUT2D eigenvalue weighted by molar-refractivity contribution is -0.142. The number of benzene rings is 1. The van der Waals surface area contributed by atoms with Crippen LogP contribution in [0.25, 0.3) is 0 Å². The van der Waals surface area contributed by atoms with E-state index in [1.54, 1.807) is 30.0 Å². The molecule has 1 heterocycles. The van der Waals surface area contributed by atoms with E-state index < -0.39 is 11.9 Å². The summed E-state index contributed by atoms with van der Waals surface area (Å²) in [6, 6.07) is 6.42. The number of hydrogen-bond donors (Lipinski definition) is 1. The fourth-order valence-electron chi connectivity index (χ4n) is 3.05. The second-order valence-corrected chi connectivity index (χ2v) is 6.22. The van der Waals surface area contributed by atoms with Crippen molar-refractivity contribution in [3.8, 4) is 0 Å². The first-order valence-electron chi connectivity index (χ1n) is 8.32. The fourth-order valence-corrected chi connectivity index (χ4v) is 3.05. The molecular weight excluding hydrogens is 313 g/mol. The lowest BCUT2D eigenvalue weighted by Gasteiger charge is -2.35. The summed E-state index contributed by atoms with van der Waals surface area (Å²) in [6.45, 7) is 3.09. The molecule has 5 nitrogen and oxygen atoms in total. The van der Waals surface area contributed by atoms with Crippen LogP contribution in [0.4, 0.5) is 4.39 Å². The molecule has 0 saturated carbocycles. The third-order valence-corrected chi connectivity index (χ3v) is 4.39. The van der Waals surface area contributed by atoms with Gasteiger partial charge in [0.15, 0.2) is 0 Å². The van der Waals surface area contributed by atoms with Gasteiger partial charge < -0.3 is 14.7 Å². The van der Waals surface area contributed by atoms with Gasteiger partial charge in [0.25, 0.3) is 0 Å². The first kappa shape index (κ1) is 18.4. The monoisotopic (exact) mass is 337 g/mol. The van der Waals surface area contributed by atoms with Gasteiger partial charge in [0.1, 0.15) is 5.82 Å². The molecule has 1 aliphatic rings. The van der Waals surface area contributed by atoms with Gasteiger partial charge in [0, 0.05) is 31.7 Å². The number of amides is 1. The van der Waals surface area contributed by atoms with Crippen molar-refractivity contribution in [1.29, 1.82) is 0 Å². The van der Waals surface area contributed by atoms with Crippen molar-refractivity contribution >= 4 is 11.9 Å². The molecule has 1 aromatic rings. The highest BCUT2D eigenvalue weighted by Crippen LogP contribution is 2.20. The second kappa shape index (κ2) is 8.78. The number of ether oxygens (including phenoxy) is 1. The molecule has 1 amide bonds. The van der Waals surface area contributed by atoms with Gasteiger partial charge in [-0.05, 0) is 30.9 Å². The van der Waals surface area contributed by atoms with Crippen LogP contribution < -0.4 is 0 Å². The fraction of sp³-hybridized carbons (Fsp3) is 0.556. The van der Waals surface area contributed by atoms with E-state index in [4.69, 9.17) is 9.84 Å². The third kappa shape index (κ3) is 5.03. The Labute approximate surface area is 141 Å². The molecule has 1 aliphatic heterocycles. The molecular formula is C18H24FNO4. The van der Waals surface area contributed by atoms with Gasteiger partial charge in [0.05, 0.1) is 6.42 Å². The summed E-state index contributed by atoms with van der Waals surface area (Å²) in [7, 11) is 0. The van der Waals surface area contributed by atoms with Crippen LogP contribution in [0.3, 0.4) is 0 Å². The predicted octanol–water partition coefficient (Wildman–Crippen LogP) is 2.49. The summed E-state index contributed by atoms with van der Waals surface area (Å²) in [4.78, 5) is 25.4. The number of hydrogen-bond acceptors (Lipinski definition) is 3. The molecule has 2 rings (SSSR count). The van der Waals surface area contributed by atoms with Crippen molar-refractivity contribution < 1.29 is 23.8 Å². The molecule has 1 unspecified atom stereocenters. The van der Waals surface area contributed by atoms with Crippen LogP contribution in [-0.2, 0) is 20.7 Å². The van der Waals surface area contributed by atoms with Gasteiger partial charge in [-0.2, -0.15) is 0 Å². The van der Waals surface area contributed by atoms with E-state index in [0.717, 1.165) is 0 Å². The first-order chi connectivity index (χ1) is 11.5. The van der Waals surface area contributed by atoms with E-state index in [9.17, 15) is 14.0 Å². The normalized spacial score (nSPS) is 16.6. The van der Waals surface area contributed by atoms with Gasteiger partial charge in [-0.25, -0.2) is 4.39 Å². The first-order valence-corrected chi connectivity index (χ1v) is 8.32. The molecule has 1 saturated heterocycles. The van der Waals surface area contributed by atoms with Crippen LogP contribution >= 0.6 is 0 Å². The second-order valence-electron chi connectivity index (χ2n) is 6.22. The highest BCUT2D eigenvalue weighted by Gasteiger charge is 2.29. The van der Waals surface area contributed by atoms with Gasteiger partial charge >= 0.3 is 5.97 Å². The van der Waals surface area contributed by atoms with E-state index >= 15 is 0 Å². The Kier molecular flexibility index (Phi) is 6.73. The highest BCUT2D eigenvalue weighted by atomic mass is 19.1. The average molecular weight is 337 g/mol. The number of halogens is 1. The Hall–Kier alpha value is -1.95. The number of rotatable bonds is 7. The standard InChI is InChI=1S/C18H24FNO4/c1-13(12-14-4-2-3-5-16(14)19)18(23)20(9-6-17(21)22)15-7-10-24-11-8-15/h2-5,13,15H,6-12H2,1H3,(H,21,22). The van der Waals surface area contributed by atoms with Crippen molar-refractivity contribution in [2.24, 2.45) is 5.92 Å². The average Bonchev–Trinajstić information content (AvgIpc) is 2.57. The van der Waals surface area contributed by atoms with Crippen molar-refractivity contribution in [3.05, 3.63) is 35.6 Å². The molecule has 0 aromatic heterocycles. The maximum atomic E-state index is 13.8. The minimum Gasteiger partial charge on any atom is -0.481 e. The zero-order valence-electron chi connectivity index (χ0n) is 13.9. The molecule has 24 heavy (non-hydrogen) atoms. The summed E-state index contributed by atoms with van der Waals surface area (Å²) in [5, 5.41) is 8.94. The molecule has 0 aliphatic carbocycles. The minimum atomic E-state index is -0.929. The number of carboxylic acids is 1. The Morgan fingerprint density at radius 3 is 2.62 bits per heavy atom. The van der Waals surface area contributed by atoms with Gasteiger partial charge in [-0.15, -0.1) is 0 Å². The topological polar surface area (TPSA) is 66.8 Å². The van der Waals surface area contributed by atoms with Crippen LogP contribution in [0, 0.1) is 11.7 Å². The van der Waals surface area contributed by atoms with Crippen molar-refractivity contribution in [1.82, 2.24) is 4.90 Å². The summed E-state index contributed by atoms with van der Waals surface area (Å²) in [5.74, 6) is -1.77. The number of aliphatic carboxylic acids is 1. The molecule has 132 valence electrons. The van der Waals surface area contributed by atoms with E-state index in [0.29, 0.717) is 38.0 Å². The van der Waals surface area contributed by atoms with Gasteiger partial charge in [-0.3, -0.25) is 9.59 Å². The highest BCUT2D eigenvalue weighted by molar-refractivity contribution is 5.79. The largest absolute Gasteiger partial charge is 0.481 e. The zero-order valence-corrected chi connectivity index (χ0v) is 13.9. The predicted molar refractivity (Wildman–Crippen MR) is 87.1 cm³/mol. The minimum absolute atomic E-state index is 0.00586. The SMILES string of the molecule is CC(Cc1ccccc1F)C(=O)N(CCC(=O)O)C1CCOCC1. The Bertz CT molecular complexity index is 572. The lowest BCUT2D eigenvalue weighted by atomic mass is 9.97. The Morgan fingerprint density at radius 1 is 1.33 bits per heavy atom. The van der Waals surface area contributed by atoms with Crippen molar-refractivity contribution in [2.75, 3.05) is 19.8 Å². The van der Waals surface area contributed by atoms with E-state index in [2.05, 4.69) is 0 Å². The molecule has 0 radical (unpaired) electrons. The van der Waals surface area contributed by atoms with Crippen LogP contribution in [0.5, 0.6) is 0 Å². The molecule has 1 N–H and O–H groups in total. The van der Waals surface area contributed by atoms with E-state index in [-0.39, 0.29) is 30.7 Å². The third-order valence-electron chi connectivity index (χ3n) is 4.39. The summed E-state index contributed by atoms with van der Waals surface area (Å²) in [5.41, 5.74) is 0.503. The van der Waals surface area contributed by atoms with Gasteiger partial charge in [-0.1, -0.05) is 25.1 Å². The van der Waals surface area contributed by atoms with E-state index in [1.807, 2.05) is 0 Å². The van der Waals surface area contributed by atoms with Gasteiger partial charge in [0.2, 0.25) is 5.91 Å².